The number of hydrogen-bond donors (Lipinski definition) is 1. The summed E-state index contributed by atoms with van der Waals surface area (Å²) in [6.07, 6.45) is -14.7. The maximum atomic E-state index is 13.4. The first-order valence-electron chi connectivity index (χ1n) is 8.87. The zero-order valence-electron chi connectivity index (χ0n) is 15.0. The van der Waals surface area contributed by atoms with Crippen molar-refractivity contribution >= 4 is 0 Å². The van der Waals surface area contributed by atoms with Crippen molar-refractivity contribution in [3.8, 4) is 0 Å². The number of aliphatic hydroxyl groups is 1. The third kappa shape index (κ3) is 4.18. The summed E-state index contributed by atoms with van der Waals surface area (Å²) >= 11 is 0. The van der Waals surface area contributed by atoms with E-state index in [0.717, 1.165) is 0 Å². The lowest BCUT2D eigenvalue weighted by Crippen LogP contribution is -2.51. The van der Waals surface area contributed by atoms with Gasteiger partial charge in [0.05, 0.1) is 6.10 Å². The monoisotopic (exact) mass is 416 g/mol. The number of alkyl halides is 6. The molecular formula is C21H18F6O2. The summed E-state index contributed by atoms with van der Waals surface area (Å²) in [5.74, 6) is 0. The molecule has 0 radical (unpaired) electrons. The Kier molecular flexibility index (Phi) is 5.78. The number of rotatable bonds is 5. The van der Waals surface area contributed by atoms with Crippen molar-refractivity contribution in [2.45, 2.75) is 43.0 Å². The van der Waals surface area contributed by atoms with Crippen molar-refractivity contribution in [2.24, 2.45) is 0 Å². The Hall–Kier alpha value is -2.32. The van der Waals surface area contributed by atoms with Crippen molar-refractivity contribution in [1.29, 1.82) is 0 Å². The van der Waals surface area contributed by atoms with Gasteiger partial charge in [0, 0.05) is 0 Å². The lowest BCUT2D eigenvalue weighted by molar-refractivity contribution is -0.339. The molecule has 156 valence electrons. The molecule has 1 aliphatic rings. The predicted octanol–water partition coefficient (Wildman–Crippen LogP) is 5.52. The summed E-state index contributed by atoms with van der Waals surface area (Å²) in [5.41, 5.74) is -2.16. The van der Waals surface area contributed by atoms with Gasteiger partial charge in [-0.3, -0.25) is 0 Å². The topological polar surface area (TPSA) is 29.5 Å². The first-order chi connectivity index (χ1) is 13.6. The molecule has 1 unspecified atom stereocenters. The highest BCUT2D eigenvalue weighted by molar-refractivity contribution is 5.48. The van der Waals surface area contributed by atoms with Gasteiger partial charge in [0.2, 0.25) is 0 Å². The summed E-state index contributed by atoms with van der Waals surface area (Å²) in [5, 5.41) is 10.5. The molecule has 0 saturated carbocycles. The van der Waals surface area contributed by atoms with Crippen LogP contribution in [0, 0.1) is 0 Å². The molecule has 0 amide bonds. The Morgan fingerprint density at radius 1 is 0.793 bits per heavy atom. The van der Waals surface area contributed by atoms with Gasteiger partial charge in [0.1, 0.15) is 5.60 Å². The van der Waals surface area contributed by atoms with Crippen LogP contribution in [0.4, 0.5) is 26.3 Å². The number of allylic oxidation sites excluding steroid dienone is 1. The highest BCUT2D eigenvalue weighted by Gasteiger charge is 2.62. The minimum absolute atomic E-state index is 0.0339. The Labute approximate surface area is 163 Å². The first-order valence-corrected chi connectivity index (χ1v) is 8.87. The SMILES string of the molecule is OC1CCC=C1C(OC(C(F)(F)F)C(F)(F)F)(c1ccccc1)c1ccccc1. The summed E-state index contributed by atoms with van der Waals surface area (Å²) in [4.78, 5) is 0. The molecule has 1 N–H and O–H groups in total. The first kappa shape index (κ1) is 21.4. The van der Waals surface area contributed by atoms with E-state index in [1.807, 2.05) is 0 Å². The van der Waals surface area contributed by atoms with Gasteiger partial charge in [-0.15, -0.1) is 0 Å². The van der Waals surface area contributed by atoms with Crippen molar-refractivity contribution < 1.29 is 36.2 Å². The number of halogens is 6. The molecular weight excluding hydrogens is 398 g/mol. The molecule has 0 bridgehead atoms. The second-order valence-electron chi connectivity index (χ2n) is 6.75. The van der Waals surface area contributed by atoms with Crippen molar-refractivity contribution in [3.05, 3.63) is 83.4 Å². The Morgan fingerprint density at radius 2 is 1.24 bits per heavy atom. The highest BCUT2D eigenvalue weighted by atomic mass is 19.4. The fourth-order valence-corrected chi connectivity index (χ4v) is 3.61. The molecule has 29 heavy (non-hydrogen) atoms. The van der Waals surface area contributed by atoms with E-state index in [2.05, 4.69) is 0 Å². The van der Waals surface area contributed by atoms with Crippen molar-refractivity contribution in [2.75, 3.05) is 0 Å². The van der Waals surface area contributed by atoms with Crippen LogP contribution in [0.25, 0.3) is 0 Å². The van der Waals surface area contributed by atoms with Gasteiger partial charge < -0.3 is 9.84 Å². The normalized spacial score (nSPS) is 18.2. The van der Waals surface area contributed by atoms with Crippen LogP contribution in [0.1, 0.15) is 24.0 Å². The number of ether oxygens (including phenoxy) is 1. The predicted molar refractivity (Wildman–Crippen MR) is 94.0 cm³/mol. The quantitative estimate of drug-likeness (QED) is 0.514. The zero-order chi connectivity index (χ0) is 21.3. The van der Waals surface area contributed by atoms with Gasteiger partial charge in [0.15, 0.2) is 0 Å². The fourth-order valence-electron chi connectivity index (χ4n) is 3.61. The molecule has 3 rings (SSSR count). The highest BCUT2D eigenvalue weighted by Crippen LogP contribution is 2.49. The summed E-state index contributed by atoms with van der Waals surface area (Å²) in [6, 6.07) is 14.7. The Bertz CT molecular complexity index is 789. The van der Waals surface area contributed by atoms with Crippen LogP contribution in [0.15, 0.2) is 72.3 Å². The average Bonchev–Trinajstić information content (AvgIpc) is 3.08. The second kappa shape index (κ2) is 7.84. The van der Waals surface area contributed by atoms with Crippen molar-refractivity contribution in [3.63, 3.8) is 0 Å². The second-order valence-corrected chi connectivity index (χ2v) is 6.75. The molecule has 0 heterocycles. The van der Waals surface area contributed by atoms with E-state index in [4.69, 9.17) is 4.74 Å². The van der Waals surface area contributed by atoms with E-state index in [0.29, 0.717) is 6.42 Å². The minimum Gasteiger partial charge on any atom is -0.389 e. The fraction of sp³-hybridized carbons (Fsp3) is 0.333. The summed E-state index contributed by atoms with van der Waals surface area (Å²) < 4.78 is 85.6. The molecule has 2 nitrogen and oxygen atoms in total. The van der Waals surface area contributed by atoms with Crippen LogP contribution in [0.3, 0.4) is 0 Å². The van der Waals surface area contributed by atoms with Gasteiger partial charge in [-0.25, -0.2) is 0 Å². The van der Waals surface area contributed by atoms with Gasteiger partial charge in [-0.1, -0.05) is 66.7 Å². The van der Waals surface area contributed by atoms with E-state index in [9.17, 15) is 31.4 Å². The molecule has 0 spiro atoms. The molecule has 0 aliphatic heterocycles. The van der Waals surface area contributed by atoms with E-state index in [1.165, 1.54) is 54.6 Å². The van der Waals surface area contributed by atoms with E-state index < -0.39 is 30.2 Å². The maximum absolute atomic E-state index is 13.4. The lowest BCUT2D eigenvalue weighted by atomic mass is 9.78. The molecule has 8 heteroatoms. The molecule has 0 saturated heterocycles. The smallest absolute Gasteiger partial charge is 0.389 e. The molecule has 0 aromatic heterocycles. The van der Waals surface area contributed by atoms with Crippen LogP contribution in [0.5, 0.6) is 0 Å². The summed E-state index contributed by atoms with van der Waals surface area (Å²) in [6.45, 7) is 0. The van der Waals surface area contributed by atoms with Gasteiger partial charge in [0.25, 0.3) is 6.10 Å². The lowest BCUT2D eigenvalue weighted by Gasteiger charge is -2.41. The Balaban J connectivity index is 2.30. The molecule has 0 fully saturated rings. The molecule has 1 atom stereocenters. The third-order valence-electron chi connectivity index (χ3n) is 4.82. The van der Waals surface area contributed by atoms with Gasteiger partial charge in [-0.2, -0.15) is 26.3 Å². The number of hydrogen-bond acceptors (Lipinski definition) is 2. The average molecular weight is 416 g/mol. The van der Waals surface area contributed by atoms with Crippen molar-refractivity contribution in [1.82, 2.24) is 0 Å². The molecule has 1 aliphatic carbocycles. The Morgan fingerprint density at radius 3 is 1.59 bits per heavy atom. The zero-order valence-corrected chi connectivity index (χ0v) is 15.0. The molecule has 2 aromatic carbocycles. The van der Waals surface area contributed by atoms with E-state index in [-0.39, 0.29) is 23.1 Å². The maximum Gasteiger partial charge on any atom is 0.423 e. The van der Waals surface area contributed by atoms with E-state index in [1.54, 1.807) is 12.1 Å². The van der Waals surface area contributed by atoms with Gasteiger partial charge in [-0.05, 0) is 29.5 Å². The van der Waals surface area contributed by atoms with Gasteiger partial charge >= 0.3 is 12.4 Å². The number of aliphatic hydroxyl groups excluding tert-OH is 1. The number of benzene rings is 2. The van der Waals surface area contributed by atoms with Crippen LogP contribution >= 0.6 is 0 Å². The third-order valence-corrected chi connectivity index (χ3v) is 4.82. The summed E-state index contributed by atoms with van der Waals surface area (Å²) in [7, 11) is 0. The standard InChI is InChI=1S/C21H18F6O2/c22-20(23,24)18(21(25,26)27)29-19(14-8-3-1-4-9-14,15-10-5-2-6-11-15)16-12-7-13-17(16)28/h1-6,8-12,17-18,28H,7,13H2. The van der Waals surface area contributed by atoms with Crippen LogP contribution < -0.4 is 0 Å². The minimum atomic E-state index is -5.70. The largest absolute Gasteiger partial charge is 0.423 e. The van der Waals surface area contributed by atoms with Crippen LogP contribution in [0.2, 0.25) is 0 Å². The van der Waals surface area contributed by atoms with Crippen LogP contribution in [-0.4, -0.2) is 29.7 Å². The van der Waals surface area contributed by atoms with Crippen LogP contribution in [-0.2, 0) is 10.3 Å². The molecule has 2 aromatic rings. The van der Waals surface area contributed by atoms with E-state index >= 15 is 0 Å².